The van der Waals surface area contributed by atoms with Gasteiger partial charge in [-0.1, -0.05) is 24.3 Å². The van der Waals surface area contributed by atoms with Gasteiger partial charge in [0.15, 0.2) is 0 Å². The molecular formula is C15H26N2. The second kappa shape index (κ2) is 6.77. The minimum atomic E-state index is 0.610. The van der Waals surface area contributed by atoms with Crippen LogP contribution < -0.4 is 5.73 Å². The van der Waals surface area contributed by atoms with Gasteiger partial charge in [-0.05, 0) is 45.2 Å². The van der Waals surface area contributed by atoms with E-state index in [0.29, 0.717) is 18.6 Å². The zero-order valence-electron chi connectivity index (χ0n) is 11.6. The van der Waals surface area contributed by atoms with E-state index in [1.165, 1.54) is 11.1 Å². The van der Waals surface area contributed by atoms with Crippen molar-refractivity contribution < 1.29 is 0 Å². The van der Waals surface area contributed by atoms with Crippen LogP contribution in [-0.4, -0.2) is 23.5 Å². The zero-order valence-corrected chi connectivity index (χ0v) is 11.6. The third-order valence-electron chi connectivity index (χ3n) is 3.24. The molecule has 1 aromatic carbocycles. The molecule has 2 N–H and O–H groups in total. The van der Waals surface area contributed by atoms with Crippen LogP contribution in [0.1, 0.15) is 38.8 Å². The average molecular weight is 234 g/mol. The molecule has 0 fully saturated rings. The second-order valence-corrected chi connectivity index (χ2v) is 5.20. The molecule has 0 aromatic heterocycles. The summed E-state index contributed by atoms with van der Waals surface area (Å²) in [5.74, 6) is 0. The van der Waals surface area contributed by atoms with Crippen LogP contribution in [-0.2, 0) is 13.0 Å². The van der Waals surface area contributed by atoms with Crippen LogP contribution in [0.25, 0.3) is 0 Å². The molecule has 2 heteroatoms. The van der Waals surface area contributed by atoms with Crippen molar-refractivity contribution in [1.29, 1.82) is 0 Å². The highest BCUT2D eigenvalue weighted by atomic mass is 15.2. The number of nitrogens with two attached hydrogens (primary N) is 1. The van der Waals surface area contributed by atoms with Crippen LogP contribution in [0.3, 0.4) is 0 Å². The molecule has 17 heavy (non-hydrogen) atoms. The topological polar surface area (TPSA) is 29.3 Å². The van der Waals surface area contributed by atoms with E-state index in [1.54, 1.807) is 0 Å². The zero-order chi connectivity index (χ0) is 12.8. The van der Waals surface area contributed by atoms with Gasteiger partial charge in [0.25, 0.3) is 0 Å². The normalized spacial score (nSPS) is 11.8. The summed E-state index contributed by atoms with van der Waals surface area (Å²) in [7, 11) is 0. The molecule has 0 aliphatic rings. The van der Waals surface area contributed by atoms with E-state index in [1.807, 2.05) is 0 Å². The summed E-state index contributed by atoms with van der Waals surface area (Å²) < 4.78 is 0. The van der Waals surface area contributed by atoms with Crippen molar-refractivity contribution >= 4 is 0 Å². The van der Waals surface area contributed by atoms with Crippen molar-refractivity contribution in [2.45, 2.75) is 52.7 Å². The van der Waals surface area contributed by atoms with Crippen LogP contribution in [0.5, 0.6) is 0 Å². The lowest BCUT2D eigenvalue weighted by molar-refractivity contribution is 0.177. The fourth-order valence-electron chi connectivity index (χ4n) is 2.21. The largest absolute Gasteiger partial charge is 0.326 e. The Balaban J connectivity index is 2.53. The van der Waals surface area contributed by atoms with Crippen molar-refractivity contribution in [3.63, 3.8) is 0 Å². The highest BCUT2D eigenvalue weighted by Crippen LogP contribution is 2.09. The van der Waals surface area contributed by atoms with Gasteiger partial charge in [0.2, 0.25) is 0 Å². The van der Waals surface area contributed by atoms with E-state index < -0.39 is 0 Å². The summed E-state index contributed by atoms with van der Waals surface area (Å²) in [5, 5.41) is 0. The summed E-state index contributed by atoms with van der Waals surface area (Å²) in [6, 6.07) is 9.87. The lowest BCUT2D eigenvalue weighted by Crippen LogP contribution is -2.38. The predicted octanol–water partition coefficient (Wildman–Crippen LogP) is 2.81. The number of nitrogens with zero attached hydrogens (tertiary/aromatic N) is 1. The van der Waals surface area contributed by atoms with Crippen LogP contribution in [0.15, 0.2) is 24.3 Å². The summed E-state index contributed by atoms with van der Waals surface area (Å²) >= 11 is 0. The third kappa shape index (κ3) is 4.49. The molecule has 2 nitrogen and oxygen atoms in total. The van der Waals surface area contributed by atoms with Crippen LogP contribution in [0, 0.1) is 0 Å². The Bertz CT molecular complexity index is 306. The maximum absolute atomic E-state index is 5.59. The Hall–Kier alpha value is -0.860. The molecule has 0 saturated carbocycles. The Kier molecular flexibility index (Phi) is 5.66. The Morgan fingerprint density at radius 1 is 0.941 bits per heavy atom. The van der Waals surface area contributed by atoms with Crippen molar-refractivity contribution in [3.05, 3.63) is 35.4 Å². The number of hydrogen-bond donors (Lipinski definition) is 1. The Morgan fingerprint density at radius 3 is 1.82 bits per heavy atom. The van der Waals surface area contributed by atoms with Gasteiger partial charge in [-0.25, -0.2) is 0 Å². The molecule has 96 valence electrons. The molecule has 0 bridgehead atoms. The highest BCUT2D eigenvalue weighted by Gasteiger charge is 2.12. The van der Waals surface area contributed by atoms with Crippen LogP contribution in [0.4, 0.5) is 0 Å². The van der Waals surface area contributed by atoms with Gasteiger partial charge in [0, 0.05) is 25.2 Å². The van der Waals surface area contributed by atoms with Crippen LogP contribution >= 0.6 is 0 Å². The summed E-state index contributed by atoms with van der Waals surface area (Å²) in [5.41, 5.74) is 8.20. The summed E-state index contributed by atoms with van der Waals surface area (Å²) in [6.45, 7) is 10.8. The first-order chi connectivity index (χ1) is 8.04. The van der Waals surface area contributed by atoms with E-state index in [2.05, 4.69) is 56.9 Å². The molecule has 0 radical (unpaired) electrons. The minimum absolute atomic E-state index is 0.610. The lowest BCUT2D eigenvalue weighted by Gasteiger charge is -2.30. The minimum Gasteiger partial charge on any atom is -0.326 e. The van der Waals surface area contributed by atoms with Crippen LogP contribution in [0.2, 0.25) is 0 Å². The Labute approximate surface area is 106 Å². The van der Waals surface area contributed by atoms with Gasteiger partial charge in [-0.15, -0.1) is 0 Å². The lowest BCUT2D eigenvalue weighted by atomic mass is 10.1. The fraction of sp³-hybridized carbons (Fsp3) is 0.600. The first-order valence-corrected chi connectivity index (χ1v) is 6.58. The fourth-order valence-corrected chi connectivity index (χ4v) is 2.21. The van der Waals surface area contributed by atoms with E-state index in [4.69, 9.17) is 5.73 Å². The van der Waals surface area contributed by atoms with Crippen molar-refractivity contribution in [3.8, 4) is 0 Å². The molecule has 1 rings (SSSR count). The SMILES string of the molecule is CC(C)N(CCc1ccc(CN)cc1)C(C)C. The molecule has 0 saturated heterocycles. The van der Waals surface area contributed by atoms with Gasteiger partial charge in [-0.2, -0.15) is 0 Å². The molecule has 0 unspecified atom stereocenters. The maximum Gasteiger partial charge on any atom is 0.0178 e. The number of rotatable bonds is 6. The molecule has 0 atom stereocenters. The van der Waals surface area contributed by atoms with Gasteiger partial charge < -0.3 is 5.73 Å². The van der Waals surface area contributed by atoms with Gasteiger partial charge in [0.05, 0.1) is 0 Å². The van der Waals surface area contributed by atoms with E-state index in [-0.39, 0.29) is 0 Å². The molecule has 0 spiro atoms. The van der Waals surface area contributed by atoms with E-state index >= 15 is 0 Å². The molecule has 0 aliphatic heterocycles. The van der Waals surface area contributed by atoms with Crippen molar-refractivity contribution in [2.24, 2.45) is 5.73 Å². The number of hydrogen-bond acceptors (Lipinski definition) is 2. The van der Waals surface area contributed by atoms with Gasteiger partial charge in [-0.3, -0.25) is 4.90 Å². The molecular weight excluding hydrogens is 208 g/mol. The highest BCUT2D eigenvalue weighted by molar-refractivity contribution is 5.22. The molecule has 0 amide bonds. The summed E-state index contributed by atoms with van der Waals surface area (Å²) in [4.78, 5) is 2.52. The maximum atomic E-state index is 5.59. The quantitative estimate of drug-likeness (QED) is 0.820. The van der Waals surface area contributed by atoms with Crippen molar-refractivity contribution in [2.75, 3.05) is 6.54 Å². The Morgan fingerprint density at radius 2 is 1.41 bits per heavy atom. The molecule has 1 aromatic rings. The van der Waals surface area contributed by atoms with Crippen molar-refractivity contribution in [1.82, 2.24) is 4.90 Å². The van der Waals surface area contributed by atoms with Gasteiger partial charge in [0.1, 0.15) is 0 Å². The van der Waals surface area contributed by atoms with E-state index in [9.17, 15) is 0 Å². The second-order valence-electron chi connectivity index (χ2n) is 5.20. The molecule has 0 aliphatic carbocycles. The predicted molar refractivity (Wildman–Crippen MR) is 75.0 cm³/mol. The third-order valence-corrected chi connectivity index (χ3v) is 3.24. The van der Waals surface area contributed by atoms with Gasteiger partial charge >= 0.3 is 0 Å². The standard InChI is InChI=1S/C15H26N2/c1-12(2)17(13(3)4)10-9-14-5-7-15(11-16)8-6-14/h5-8,12-13H,9-11,16H2,1-4H3. The first kappa shape index (κ1) is 14.2. The van der Waals surface area contributed by atoms with E-state index in [0.717, 1.165) is 13.0 Å². The monoisotopic (exact) mass is 234 g/mol. The first-order valence-electron chi connectivity index (χ1n) is 6.58. The summed E-state index contributed by atoms with van der Waals surface area (Å²) in [6.07, 6.45) is 1.11. The molecule has 0 heterocycles. The average Bonchev–Trinajstić information content (AvgIpc) is 2.29. The number of benzene rings is 1. The smallest absolute Gasteiger partial charge is 0.0178 e.